The summed E-state index contributed by atoms with van der Waals surface area (Å²) in [6.07, 6.45) is -0.272. The van der Waals surface area contributed by atoms with Crippen molar-refractivity contribution in [2.75, 3.05) is 0 Å². The fraction of sp³-hybridized carbons (Fsp3) is 0.300. The number of nitrogens with two attached hydrogens (primary N) is 1. The van der Waals surface area contributed by atoms with Crippen molar-refractivity contribution in [1.82, 2.24) is 5.43 Å². The third kappa shape index (κ3) is 3.18. The largest absolute Gasteiger partial charge is 0.480 e. The molecule has 1 unspecified atom stereocenters. The van der Waals surface area contributed by atoms with Crippen LogP contribution in [0.15, 0.2) is 22.7 Å². The molecule has 1 amide bonds. The first-order valence-electron chi connectivity index (χ1n) is 4.70. The van der Waals surface area contributed by atoms with E-state index in [0.29, 0.717) is 10.9 Å². The maximum Gasteiger partial charge on any atom is 0.274 e. The third-order valence-electron chi connectivity index (χ3n) is 1.97. The summed E-state index contributed by atoms with van der Waals surface area (Å²) in [5.41, 5.74) is 2.00. The lowest BCUT2D eigenvalue weighted by Crippen LogP contribution is -2.41. The van der Waals surface area contributed by atoms with Crippen molar-refractivity contribution in [2.45, 2.75) is 19.4 Å². The van der Waals surface area contributed by atoms with E-state index in [0.717, 1.165) is 0 Å². The Morgan fingerprint density at radius 1 is 1.69 bits per heavy atom. The molecule has 0 radical (unpaired) electrons. The molecule has 0 aliphatic heterocycles. The van der Waals surface area contributed by atoms with E-state index in [2.05, 4.69) is 15.9 Å². The van der Waals surface area contributed by atoms with Crippen LogP contribution < -0.4 is 16.0 Å². The van der Waals surface area contributed by atoms with Gasteiger partial charge in [-0.05, 0) is 34.5 Å². The number of carbonyl (C=O) groups excluding carboxylic acids is 1. The summed E-state index contributed by atoms with van der Waals surface area (Å²) in [5, 5.41) is 0. The maximum absolute atomic E-state index is 13.2. The summed E-state index contributed by atoms with van der Waals surface area (Å²) < 4.78 is 18.8. The highest BCUT2D eigenvalue weighted by Gasteiger charge is 2.17. The molecule has 0 fully saturated rings. The van der Waals surface area contributed by atoms with Gasteiger partial charge in [0.25, 0.3) is 5.91 Å². The number of benzene rings is 1. The fourth-order valence-electron chi connectivity index (χ4n) is 1.13. The molecule has 6 heteroatoms. The van der Waals surface area contributed by atoms with E-state index < -0.39 is 17.8 Å². The zero-order valence-corrected chi connectivity index (χ0v) is 10.3. The highest BCUT2D eigenvalue weighted by molar-refractivity contribution is 9.10. The van der Waals surface area contributed by atoms with Crippen molar-refractivity contribution >= 4 is 21.8 Å². The number of ether oxygens (including phenoxy) is 1. The molecule has 88 valence electrons. The first-order chi connectivity index (χ1) is 7.58. The number of carbonyl (C=O) groups is 1. The summed E-state index contributed by atoms with van der Waals surface area (Å²) >= 11 is 3.03. The van der Waals surface area contributed by atoms with Gasteiger partial charge in [0.15, 0.2) is 6.10 Å². The highest BCUT2D eigenvalue weighted by Crippen LogP contribution is 2.22. The summed E-state index contributed by atoms with van der Waals surface area (Å²) in [4.78, 5) is 11.2. The number of hydrogen-bond donors (Lipinski definition) is 2. The predicted octanol–water partition coefficient (Wildman–Crippen LogP) is 1.74. The van der Waals surface area contributed by atoms with Crippen LogP contribution in [-0.2, 0) is 4.79 Å². The van der Waals surface area contributed by atoms with Crippen LogP contribution in [0.5, 0.6) is 5.75 Å². The van der Waals surface area contributed by atoms with Crippen molar-refractivity contribution in [3.8, 4) is 5.75 Å². The molecule has 1 aromatic carbocycles. The molecule has 0 saturated heterocycles. The van der Waals surface area contributed by atoms with Gasteiger partial charge in [-0.25, -0.2) is 10.2 Å². The minimum Gasteiger partial charge on any atom is -0.480 e. The van der Waals surface area contributed by atoms with Gasteiger partial charge in [-0.2, -0.15) is 0 Å². The first-order valence-corrected chi connectivity index (χ1v) is 5.50. The van der Waals surface area contributed by atoms with E-state index in [1.165, 1.54) is 12.1 Å². The van der Waals surface area contributed by atoms with E-state index in [1.54, 1.807) is 13.0 Å². The lowest BCUT2D eigenvalue weighted by atomic mass is 10.2. The molecule has 1 aromatic rings. The number of hydrogen-bond acceptors (Lipinski definition) is 3. The molecule has 3 N–H and O–H groups in total. The Balaban J connectivity index is 2.78. The Bertz CT molecular complexity index is 387. The fourth-order valence-corrected chi connectivity index (χ4v) is 1.38. The molecule has 0 aromatic heterocycles. The number of hydrazine groups is 1. The smallest absolute Gasteiger partial charge is 0.274 e. The molecule has 0 saturated carbocycles. The Labute approximate surface area is 101 Å². The average molecular weight is 291 g/mol. The molecule has 1 rings (SSSR count). The Morgan fingerprint density at radius 3 is 2.88 bits per heavy atom. The van der Waals surface area contributed by atoms with Crippen LogP contribution in [0.2, 0.25) is 0 Å². The van der Waals surface area contributed by atoms with Gasteiger partial charge in [0.1, 0.15) is 11.6 Å². The van der Waals surface area contributed by atoms with E-state index in [1.807, 2.05) is 5.43 Å². The topological polar surface area (TPSA) is 64.3 Å². The minimum atomic E-state index is -0.717. The summed E-state index contributed by atoms with van der Waals surface area (Å²) in [6.45, 7) is 1.77. The second-order valence-electron chi connectivity index (χ2n) is 3.10. The summed E-state index contributed by atoms with van der Waals surface area (Å²) in [6, 6.07) is 4.29. The monoisotopic (exact) mass is 290 g/mol. The third-order valence-corrected chi connectivity index (χ3v) is 2.62. The van der Waals surface area contributed by atoms with Crippen LogP contribution in [0.1, 0.15) is 13.3 Å². The van der Waals surface area contributed by atoms with Crippen LogP contribution in [0.4, 0.5) is 4.39 Å². The molecular formula is C10H12BrFN2O2. The van der Waals surface area contributed by atoms with E-state index in [-0.39, 0.29) is 5.75 Å². The SMILES string of the molecule is CCC(Oc1ccc(Br)c(F)c1)C(=O)NN. The van der Waals surface area contributed by atoms with Gasteiger partial charge >= 0.3 is 0 Å². The molecule has 0 bridgehead atoms. The molecule has 1 atom stereocenters. The highest BCUT2D eigenvalue weighted by atomic mass is 79.9. The normalized spacial score (nSPS) is 12.0. The first kappa shape index (κ1) is 12.9. The summed E-state index contributed by atoms with van der Waals surface area (Å²) in [5.74, 6) is 4.40. The molecule has 4 nitrogen and oxygen atoms in total. The number of rotatable bonds is 4. The Kier molecular flexibility index (Phi) is 4.70. The van der Waals surface area contributed by atoms with Gasteiger partial charge in [0.05, 0.1) is 4.47 Å². The van der Waals surface area contributed by atoms with Crippen molar-refractivity contribution in [2.24, 2.45) is 5.84 Å². The Hall–Kier alpha value is -1.14. The van der Waals surface area contributed by atoms with E-state index >= 15 is 0 Å². The van der Waals surface area contributed by atoms with Crippen LogP contribution in [0.3, 0.4) is 0 Å². The van der Waals surface area contributed by atoms with Crippen molar-refractivity contribution in [3.63, 3.8) is 0 Å². The Morgan fingerprint density at radius 2 is 2.38 bits per heavy atom. The van der Waals surface area contributed by atoms with E-state index in [9.17, 15) is 9.18 Å². The van der Waals surface area contributed by atoms with Crippen LogP contribution in [-0.4, -0.2) is 12.0 Å². The number of amides is 1. The molecular weight excluding hydrogens is 279 g/mol. The van der Waals surface area contributed by atoms with Crippen molar-refractivity contribution in [3.05, 3.63) is 28.5 Å². The van der Waals surface area contributed by atoms with Crippen LogP contribution in [0, 0.1) is 5.82 Å². The predicted molar refractivity (Wildman–Crippen MR) is 61.1 cm³/mol. The lowest BCUT2D eigenvalue weighted by molar-refractivity contribution is -0.128. The van der Waals surface area contributed by atoms with Gasteiger partial charge in [0.2, 0.25) is 0 Å². The van der Waals surface area contributed by atoms with Gasteiger partial charge in [-0.3, -0.25) is 10.2 Å². The second kappa shape index (κ2) is 5.81. The summed E-state index contributed by atoms with van der Waals surface area (Å²) in [7, 11) is 0. The molecule has 0 aliphatic carbocycles. The maximum atomic E-state index is 13.2. The second-order valence-corrected chi connectivity index (χ2v) is 3.95. The van der Waals surface area contributed by atoms with Crippen LogP contribution in [0.25, 0.3) is 0 Å². The molecule has 0 heterocycles. The van der Waals surface area contributed by atoms with Gasteiger partial charge < -0.3 is 4.74 Å². The molecule has 16 heavy (non-hydrogen) atoms. The molecule has 0 spiro atoms. The number of nitrogens with one attached hydrogen (secondary N) is 1. The van der Waals surface area contributed by atoms with Gasteiger partial charge in [-0.15, -0.1) is 0 Å². The number of halogens is 2. The standard InChI is InChI=1S/C10H12BrFN2O2/c1-2-9(10(15)14-13)16-6-3-4-7(11)8(12)5-6/h3-5,9H,2,13H2,1H3,(H,14,15). The van der Waals surface area contributed by atoms with Gasteiger partial charge in [-0.1, -0.05) is 6.92 Å². The minimum absolute atomic E-state index is 0.288. The van der Waals surface area contributed by atoms with Gasteiger partial charge in [0, 0.05) is 6.07 Å². The zero-order valence-electron chi connectivity index (χ0n) is 8.67. The zero-order chi connectivity index (χ0) is 12.1. The lowest BCUT2D eigenvalue weighted by Gasteiger charge is -2.15. The average Bonchev–Trinajstić information content (AvgIpc) is 2.29. The van der Waals surface area contributed by atoms with Crippen molar-refractivity contribution < 1.29 is 13.9 Å². The van der Waals surface area contributed by atoms with E-state index in [4.69, 9.17) is 10.6 Å². The van der Waals surface area contributed by atoms with Crippen LogP contribution >= 0.6 is 15.9 Å². The molecule has 0 aliphatic rings. The van der Waals surface area contributed by atoms with Crippen molar-refractivity contribution in [1.29, 1.82) is 0 Å². The quantitative estimate of drug-likeness (QED) is 0.504.